The van der Waals surface area contributed by atoms with E-state index in [4.69, 9.17) is 4.74 Å². The average Bonchev–Trinajstić information content (AvgIpc) is 2.34. The van der Waals surface area contributed by atoms with Crippen molar-refractivity contribution in [2.24, 2.45) is 5.92 Å². The molecule has 0 aliphatic heterocycles. The molecule has 0 heterocycles. The maximum Gasteiger partial charge on any atom is 0.253 e. The Hall–Kier alpha value is -1.42. The summed E-state index contributed by atoms with van der Waals surface area (Å²) in [5, 5.41) is 0. The minimum atomic E-state index is -0.334. The lowest BCUT2D eigenvalue weighted by Crippen LogP contribution is -2.36. The topological polar surface area (TPSA) is 29.5 Å². The molecule has 0 aliphatic carbocycles. The van der Waals surface area contributed by atoms with E-state index in [9.17, 15) is 9.18 Å². The van der Waals surface area contributed by atoms with Gasteiger partial charge in [0, 0.05) is 25.8 Å². The van der Waals surface area contributed by atoms with Crippen molar-refractivity contribution in [2.45, 2.75) is 13.8 Å². The largest absolute Gasteiger partial charge is 0.383 e. The normalized spacial score (nSPS) is 10.7. The highest BCUT2D eigenvalue weighted by molar-refractivity contribution is 5.94. The van der Waals surface area contributed by atoms with Crippen molar-refractivity contribution in [3.05, 3.63) is 35.6 Å². The van der Waals surface area contributed by atoms with Crippen LogP contribution in [0.25, 0.3) is 0 Å². The molecule has 0 unspecified atom stereocenters. The van der Waals surface area contributed by atoms with E-state index in [1.165, 1.54) is 24.3 Å². The summed E-state index contributed by atoms with van der Waals surface area (Å²) < 4.78 is 17.8. The van der Waals surface area contributed by atoms with Gasteiger partial charge in [0.1, 0.15) is 5.82 Å². The van der Waals surface area contributed by atoms with Crippen molar-refractivity contribution in [1.29, 1.82) is 0 Å². The monoisotopic (exact) mass is 253 g/mol. The maximum absolute atomic E-state index is 12.8. The average molecular weight is 253 g/mol. The highest BCUT2D eigenvalue weighted by Gasteiger charge is 2.16. The van der Waals surface area contributed by atoms with Gasteiger partial charge >= 0.3 is 0 Å². The molecule has 0 bridgehead atoms. The van der Waals surface area contributed by atoms with Gasteiger partial charge in [0.2, 0.25) is 0 Å². The van der Waals surface area contributed by atoms with Crippen LogP contribution in [0.3, 0.4) is 0 Å². The molecular weight excluding hydrogens is 233 g/mol. The Morgan fingerprint density at radius 2 is 1.94 bits per heavy atom. The zero-order chi connectivity index (χ0) is 13.5. The zero-order valence-electron chi connectivity index (χ0n) is 11.1. The number of nitrogens with zero attached hydrogens (tertiary/aromatic N) is 1. The van der Waals surface area contributed by atoms with Crippen LogP contribution in [0.5, 0.6) is 0 Å². The summed E-state index contributed by atoms with van der Waals surface area (Å²) in [5.41, 5.74) is 0.508. The number of carbonyl (C=O) groups excluding carboxylic acids is 1. The van der Waals surface area contributed by atoms with Crippen LogP contribution in [0.4, 0.5) is 4.39 Å². The quantitative estimate of drug-likeness (QED) is 0.780. The molecule has 100 valence electrons. The van der Waals surface area contributed by atoms with Gasteiger partial charge in [-0.05, 0) is 30.2 Å². The standard InChI is InChI=1S/C14H20FNO2/c1-11(2)10-16(8-9-18-3)14(17)12-4-6-13(15)7-5-12/h4-7,11H,8-10H2,1-3H3. The Morgan fingerprint density at radius 1 is 1.33 bits per heavy atom. The summed E-state index contributed by atoms with van der Waals surface area (Å²) in [6.45, 7) is 5.82. The smallest absolute Gasteiger partial charge is 0.253 e. The first kappa shape index (κ1) is 14.6. The van der Waals surface area contributed by atoms with Crippen LogP contribution in [0.15, 0.2) is 24.3 Å². The number of amides is 1. The van der Waals surface area contributed by atoms with Crippen LogP contribution < -0.4 is 0 Å². The van der Waals surface area contributed by atoms with E-state index in [0.717, 1.165) is 0 Å². The second kappa shape index (κ2) is 7.11. The first-order valence-electron chi connectivity index (χ1n) is 6.08. The Morgan fingerprint density at radius 3 is 2.44 bits per heavy atom. The molecule has 0 spiro atoms. The lowest BCUT2D eigenvalue weighted by molar-refractivity contribution is 0.0672. The minimum absolute atomic E-state index is 0.0826. The third-order valence-electron chi connectivity index (χ3n) is 2.53. The van der Waals surface area contributed by atoms with Crippen LogP contribution in [0.1, 0.15) is 24.2 Å². The van der Waals surface area contributed by atoms with Crippen LogP contribution in [-0.2, 0) is 4.74 Å². The molecule has 1 amide bonds. The van der Waals surface area contributed by atoms with Crippen molar-refractivity contribution in [3.63, 3.8) is 0 Å². The van der Waals surface area contributed by atoms with Gasteiger partial charge in [0.25, 0.3) is 5.91 Å². The molecule has 0 aromatic heterocycles. The van der Waals surface area contributed by atoms with Gasteiger partial charge in [-0.3, -0.25) is 4.79 Å². The number of hydrogen-bond donors (Lipinski definition) is 0. The van der Waals surface area contributed by atoms with Gasteiger partial charge in [0.05, 0.1) is 6.61 Å². The van der Waals surface area contributed by atoms with E-state index >= 15 is 0 Å². The van der Waals surface area contributed by atoms with E-state index in [1.807, 2.05) is 0 Å². The van der Waals surface area contributed by atoms with E-state index < -0.39 is 0 Å². The summed E-state index contributed by atoms with van der Waals surface area (Å²) in [6.07, 6.45) is 0. The Labute approximate surface area is 108 Å². The molecule has 3 nitrogen and oxygen atoms in total. The summed E-state index contributed by atoms with van der Waals surface area (Å²) in [7, 11) is 1.61. The lowest BCUT2D eigenvalue weighted by atomic mass is 10.1. The van der Waals surface area contributed by atoms with Gasteiger partial charge in [-0.2, -0.15) is 0 Å². The van der Waals surface area contributed by atoms with E-state index in [0.29, 0.717) is 31.2 Å². The fourth-order valence-corrected chi connectivity index (χ4v) is 1.69. The first-order chi connectivity index (χ1) is 8.54. The number of hydrogen-bond acceptors (Lipinski definition) is 2. The molecule has 1 aromatic rings. The second-order valence-corrected chi connectivity index (χ2v) is 4.64. The van der Waals surface area contributed by atoms with Crippen LogP contribution in [-0.4, -0.2) is 37.6 Å². The summed E-state index contributed by atoms with van der Waals surface area (Å²) >= 11 is 0. The van der Waals surface area contributed by atoms with Crippen molar-refractivity contribution in [3.8, 4) is 0 Å². The Kier molecular flexibility index (Phi) is 5.78. The van der Waals surface area contributed by atoms with Crippen LogP contribution in [0, 0.1) is 11.7 Å². The SMILES string of the molecule is COCCN(CC(C)C)C(=O)c1ccc(F)cc1. The predicted molar refractivity (Wildman–Crippen MR) is 69.0 cm³/mol. The van der Waals surface area contributed by atoms with E-state index in [1.54, 1.807) is 12.0 Å². The minimum Gasteiger partial charge on any atom is -0.383 e. The molecule has 18 heavy (non-hydrogen) atoms. The Bertz CT molecular complexity index is 376. The van der Waals surface area contributed by atoms with Crippen molar-refractivity contribution >= 4 is 5.91 Å². The molecule has 0 N–H and O–H groups in total. The number of rotatable bonds is 6. The van der Waals surface area contributed by atoms with Crippen molar-refractivity contribution in [2.75, 3.05) is 26.8 Å². The first-order valence-corrected chi connectivity index (χ1v) is 6.08. The van der Waals surface area contributed by atoms with Gasteiger partial charge in [-0.25, -0.2) is 4.39 Å². The third kappa shape index (κ3) is 4.45. The zero-order valence-corrected chi connectivity index (χ0v) is 11.1. The molecular formula is C14H20FNO2. The third-order valence-corrected chi connectivity index (χ3v) is 2.53. The molecule has 0 fully saturated rings. The van der Waals surface area contributed by atoms with Crippen LogP contribution >= 0.6 is 0 Å². The second-order valence-electron chi connectivity index (χ2n) is 4.64. The molecule has 1 aromatic carbocycles. The summed E-state index contributed by atoms with van der Waals surface area (Å²) in [6, 6.07) is 5.63. The van der Waals surface area contributed by atoms with Gasteiger partial charge in [0.15, 0.2) is 0 Å². The number of ether oxygens (including phenoxy) is 1. The fourth-order valence-electron chi connectivity index (χ4n) is 1.69. The van der Waals surface area contributed by atoms with E-state index in [-0.39, 0.29) is 11.7 Å². The predicted octanol–water partition coefficient (Wildman–Crippen LogP) is 2.57. The van der Waals surface area contributed by atoms with Gasteiger partial charge in [-0.15, -0.1) is 0 Å². The molecule has 1 rings (SSSR count). The molecule has 0 aliphatic rings. The molecule has 0 radical (unpaired) electrons. The van der Waals surface area contributed by atoms with Gasteiger partial charge in [-0.1, -0.05) is 13.8 Å². The van der Waals surface area contributed by atoms with Crippen molar-refractivity contribution < 1.29 is 13.9 Å². The Balaban J connectivity index is 2.77. The molecule has 0 saturated heterocycles. The number of carbonyl (C=O) groups is 1. The number of benzene rings is 1. The lowest BCUT2D eigenvalue weighted by Gasteiger charge is -2.24. The summed E-state index contributed by atoms with van der Waals surface area (Å²) in [5.74, 6) is -0.0362. The molecule has 0 saturated carbocycles. The number of methoxy groups -OCH3 is 1. The molecule has 0 atom stereocenters. The maximum atomic E-state index is 12.8. The van der Waals surface area contributed by atoms with Gasteiger partial charge < -0.3 is 9.64 Å². The van der Waals surface area contributed by atoms with E-state index in [2.05, 4.69) is 13.8 Å². The summed E-state index contributed by atoms with van der Waals surface area (Å²) in [4.78, 5) is 14.0. The highest BCUT2D eigenvalue weighted by atomic mass is 19.1. The fraction of sp³-hybridized carbons (Fsp3) is 0.500. The van der Waals surface area contributed by atoms with Crippen molar-refractivity contribution in [1.82, 2.24) is 4.90 Å². The highest BCUT2D eigenvalue weighted by Crippen LogP contribution is 2.09. The molecule has 4 heteroatoms. The number of halogens is 1. The van der Waals surface area contributed by atoms with Crippen LogP contribution in [0.2, 0.25) is 0 Å².